The molecule has 0 fully saturated rings. The van der Waals surface area contributed by atoms with E-state index in [1.807, 2.05) is 17.7 Å². The molecular weight excluding hydrogens is 390 g/mol. The molecule has 0 atom stereocenters. The summed E-state index contributed by atoms with van der Waals surface area (Å²) in [5.74, 6) is 1.53. The molecular formula is C23H25N7O. The first kappa shape index (κ1) is 19.3. The van der Waals surface area contributed by atoms with Crippen LogP contribution in [0.3, 0.4) is 0 Å². The van der Waals surface area contributed by atoms with Crippen molar-refractivity contribution in [3.05, 3.63) is 59.9 Å². The highest BCUT2D eigenvalue weighted by Crippen LogP contribution is 2.28. The summed E-state index contributed by atoms with van der Waals surface area (Å²) in [7, 11) is 0. The van der Waals surface area contributed by atoms with Gasteiger partial charge in [-0.1, -0.05) is 36.4 Å². The minimum atomic E-state index is 0.326. The van der Waals surface area contributed by atoms with Crippen molar-refractivity contribution in [3.8, 4) is 17.7 Å². The van der Waals surface area contributed by atoms with Crippen LogP contribution in [0.5, 0.6) is 6.01 Å². The predicted molar refractivity (Wildman–Crippen MR) is 120 cm³/mol. The normalized spacial score (nSPS) is 14.1. The van der Waals surface area contributed by atoms with E-state index in [-0.39, 0.29) is 0 Å². The number of nitrogens with two attached hydrogens (primary N) is 1. The zero-order valence-electron chi connectivity index (χ0n) is 17.5. The fourth-order valence-corrected chi connectivity index (χ4v) is 3.93. The minimum absolute atomic E-state index is 0.326. The smallest absolute Gasteiger partial charge is 0.299 e. The Morgan fingerprint density at radius 2 is 2.03 bits per heavy atom. The average molecular weight is 416 g/mol. The Morgan fingerprint density at radius 1 is 1.13 bits per heavy atom. The van der Waals surface area contributed by atoms with Gasteiger partial charge in [0.2, 0.25) is 0 Å². The second-order valence-electron chi connectivity index (χ2n) is 7.60. The summed E-state index contributed by atoms with van der Waals surface area (Å²) in [6.45, 7) is 3.85. The van der Waals surface area contributed by atoms with Crippen LogP contribution in [0, 0.1) is 0 Å². The van der Waals surface area contributed by atoms with Gasteiger partial charge >= 0.3 is 0 Å². The molecule has 8 heteroatoms. The molecule has 0 radical (unpaired) electrons. The van der Waals surface area contributed by atoms with E-state index in [0.717, 1.165) is 31.4 Å². The summed E-state index contributed by atoms with van der Waals surface area (Å²) in [6.07, 6.45) is 11.1. The quantitative estimate of drug-likeness (QED) is 0.502. The molecule has 2 N–H and O–H groups in total. The molecule has 1 aromatic carbocycles. The van der Waals surface area contributed by atoms with Gasteiger partial charge in [-0.15, -0.1) is 0 Å². The number of imidazole rings is 2. The van der Waals surface area contributed by atoms with Crippen LogP contribution in [0.4, 0.5) is 5.82 Å². The zero-order valence-corrected chi connectivity index (χ0v) is 17.5. The Bertz CT molecular complexity index is 1250. The van der Waals surface area contributed by atoms with Crippen LogP contribution < -0.4 is 10.5 Å². The number of nitrogen functional groups attached to an aromatic ring is 1. The number of anilines is 1. The van der Waals surface area contributed by atoms with Crippen molar-refractivity contribution in [1.29, 1.82) is 0 Å². The van der Waals surface area contributed by atoms with Crippen molar-refractivity contribution < 1.29 is 4.74 Å². The lowest BCUT2D eigenvalue weighted by Crippen LogP contribution is -2.08. The SMILES string of the molecule is CCOc1nc2c(N)nc3nc2n1Cc1cccc(c1)CC=CCCCn1ccnc1-3. The van der Waals surface area contributed by atoms with Gasteiger partial charge in [-0.25, -0.2) is 15.0 Å². The number of nitrogens with zero attached hydrogens (tertiary/aromatic N) is 6. The first-order chi connectivity index (χ1) is 15.2. The summed E-state index contributed by atoms with van der Waals surface area (Å²) in [5.41, 5.74) is 9.93. The average Bonchev–Trinajstić information content (AvgIpc) is 3.36. The third kappa shape index (κ3) is 3.76. The van der Waals surface area contributed by atoms with Crippen LogP contribution in [0.15, 0.2) is 48.8 Å². The van der Waals surface area contributed by atoms with Crippen molar-refractivity contribution >= 4 is 17.0 Å². The summed E-state index contributed by atoms with van der Waals surface area (Å²) in [5, 5.41) is 0. The van der Waals surface area contributed by atoms with Crippen LogP contribution in [0.25, 0.3) is 22.8 Å². The van der Waals surface area contributed by atoms with Gasteiger partial charge in [-0.2, -0.15) is 4.98 Å². The molecule has 0 unspecified atom stereocenters. The predicted octanol–water partition coefficient (Wildman–Crippen LogP) is 3.61. The number of aromatic nitrogens is 6. The van der Waals surface area contributed by atoms with Gasteiger partial charge in [0.15, 0.2) is 28.6 Å². The molecule has 0 aliphatic carbocycles. The number of ether oxygens (including phenoxy) is 1. The van der Waals surface area contributed by atoms with Gasteiger partial charge in [0.05, 0.1) is 13.2 Å². The van der Waals surface area contributed by atoms with Gasteiger partial charge in [0.25, 0.3) is 6.01 Å². The van der Waals surface area contributed by atoms with E-state index < -0.39 is 0 Å². The topological polar surface area (TPSA) is 96.7 Å². The zero-order chi connectivity index (χ0) is 21.2. The van der Waals surface area contributed by atoms with Crippen LogP contribution in [-0.4, -0.2) is 35.7 Å². The first-order valence-corrected chi connectivity index (χ1v) is 10.6. The standard InChI is InChI=1S/C23H25N7O/c1-2-31-23-26-18-19(24)27-20-22-25-11-13-29(22)12-6-4-3-5-8-16-9-7-10-17(14-16)15-30(23)21(18)28-20/h3,5,7,9-11,13-14H,2,4,6,8,12,15H2,1H3,(H2,24,27,28). The van der Waals surface area contributed by atoms with Gasteiger partial charge in [-0.3, -0.25) is 4.57 Å². The largest absolute Gasteiger partial charge is 0.465 e. The third-order valence-corrected chi connectivity index (χ3v) is 5.40. The lowest BCUT2D eigenvalue weighted by atomic mass is 10.1. The highest BCUT2D eigenvalue weighted by Gasteiger charge is 2.20. The Morgan fingerprint density at radius 3 is 2.94 bits per heavy atom. The van der Waals surface area contributed by atoms with E-state index in [1.165, 1.54) is 5.56 Å². The Labute approximate surface area is 180 Å². The van der Waals surface area contributed by atoms with Gasteiger partial charge in [0, 0.05) is 18.9 Å². The molecule has 5 rings (SSSR count). The number of aryl methyl sites for hydroxylation is 1. The lowest BCUT2D eigenvalue weighted by molar-refractivity contribution is 0.301. The maximum atomic E-state index is 6.31. The Balaban J connectivity index is 1.71. The molecule has 0 saturated heterocycles. The molecule has 1 aliphatic rings. The molecule has 4 bridgehead atoms. The molecule has 31 heavy (non-hydrogen) atoms. The number of allylic oxidation sites excluding steroid dienone is 2. The van der Waals surface area contributed by atoms with E-state index in [9.17, 15) is 0 Å². The second kappa shape index (κ2) is 8.22. The highest BCUT2D eigenvalue weighted by atomic mass is 16.5. The van der Waals surface area contributed by atoms with E-state index >= 15 is 0 Å². The van der Waals surface area contributed by atoms with Gasteiger partial charge < -0.3 is 15.0 Å². The Kier molecular flexibility index (Phi) is 5.11. The lowest BCUT2D eigenvalue weighted by Gasteiger charge is -2.11. The van der Waals surface area contributed by atoms with E-state index in [4.69, 9.17) is 15.5 Å². The fraction of sp³-hybridized carbons (Fsp3) is 0.304. The van der Waals surface area contributed by atoms with Crippen LogP contribution in [0.2, 0.25) is 0 Å². The minimum Gasteiger partial charge on any atom is -0.465 e. The van der Waals surface area contributed by atoms with Crippen molar-refractivity contribution in [1.82, 2.24) is 29.1 Å². The summed E-state index contributed by atoms with van der Waals surface area (Å²) in [4.78, 5) is 18.5. The monoisotopic (exact) mass is 415 g/mol. The summed E-state index contributed by atoms with van der Waals surface area (Å²) < 4.78 is 9.87. The molecule has 1 aliphatic heterocycles. The highest BCUT2D eigenvalue weighted by molar-refractivity contribution is 5.84. The third-order valence-electron chi connectivity index (χ3n) is 5.40. The van der Waals surface area contributed by atoms with Crippen molar-refractivity contribution in [3.63, 3.8) is 0 Å². The summed E-state index contributed by atoms with van der Waals surface area (Å²) in [6, 6.07) is 9.06. The van der Waals surface area contributed by atoms with Gasteiger partial charge in [0.1, 0.15) is 0 Å². The molecule has 0 saturated carbocycles. The number of hydrogen-bond acceptors (Lipinski definition) is 6. The number of rotatable bonds is 2. The van der Waals surface area contributed by atoms with Crippen molar-refractivity contribution in [2.75, 3.05) is 12.3 Å². The first-order valence-electron chi connectivity index (χ1n) is 10.6. The number of benzene rings is 1. The molecule has 8 nitrogen and oxygen atoms in total. The van der Waals surface area contributed by atoms with E-state index in [0.29, 0.717) is 47.8 Å². The van der Waals surface area contributed by atoms with Crippen molar-refractivity contribution in [2.45, 2.75) is 39.3 Å². The number of fused-ring (bicyclic) bond motifs is 5. The van der Waals surface area contributed by atoms with Crippen LogP contribution in [-0.2, 0) is 19.5 Å². The van der Waals surface area contributed by atoms with Crippen molar-refractivity contribution in [2.24, 2.45) is 0 Å². The van der Waals surface area contributed by atoms with Gasteiger partial charge in [-0.05, 0) is 37.3 Å². The molecule has 4 aromatic rings. The van der Waals surface area contributed by atoms with Crippen LogP contribution >= 0.6 is 0 Å². The molecule has 3 aromatic heterocycles. The van der Waals surface area contributed by atoms with E-state index in [1.54, 1.807) is 6.20 Å². The molecule has 0 amide bonds. The maximum absolute atomic E-state index is 6.31. The fourth-order valence-electron chi connectivity index (χ4n) is 3.93. The second-order valence-corrected chi connectivity index (χ2v) is 7.60. The van der Waals surface area contributed by atoms with Crippen LogP contribution in [0.1, 0.15) is 30.9 Å². The molecule has 158 valence electrons. The maximum Gasteiger partial charge on any atom is 0.299 e. The summed E-state index contributed by atoms with van der Waals surface area (Å²) >= 11 is 0. The molecule has 0 spiro atoms. The Hall–Kier alpha value is -3.68. The van der Waals surface area contributed by atoms with E-state index in [2.05, 4.69) is 55.9 Å². The molecule has 4 heterocycles. The number of hydrogen-bond donors (Lipinski definition) is 1.